The summed E-state index contributed by atoms with van der Waals surface area (Å²) in [6.45, 7) is 1.70. The van der Waals surface area contributed by atoms with Crippen LogP contribution in [0.25, 0.3) is 0 Å². The van der Waals surface area contributed by atoms with Crippen molar-refractivity contribution in [2.45, 2.75) is 31.8 Å². The number of nitrogens with one attached hydrogen (secondary N) is 1. The molecule has 0 bridgehead atoms. The zero-order valence-corrected chi connectivity index (χ0v) is 12.8. The monoisotopic (exact) mass is 306 g/mol. The quantitative estimate of drug-likeness (QED) is 0.850. The standard InChI is InChI=1S/C15H22N4O3/c1-22-10-14(20)16-7-13-9-18(15(21)11-3-2-4-11)8-12-5-6-17-19(12)13/h5-6,11,13H,2-4,7-10H2,1H3,(H,16,20). The van der Waals surface area contributed by atoms with E-state index < -0.39 is 0 Å². The van der Waals surface area contributed by atoms with Crippen molar-refractivity contribution in [3.8, 4) is 0 Å². The minimum absolute atomic E-state index is 0.0245. The van der Waals surface area contributed by atoms with Gasteiger partial charge < -0.3 is 15.0 Å². The summed E-state index contributed by atoms with van der Waals surface area (Å²) < 4.78 is 6.73. The van der Waals surface area contributed by atoms with E-state index in [9.17, 15) is 9.59 Å². The molecule has 0 radical (unpaired) electrons. The average molecular weight is 306 g/mol. The van der Waals surface area contributed by atoms with Gasteiger partial charge in [0.1, 0.15) is 6.61 Å². The van der Waals surface area contributed by atoms with E-state index in [2.05, 4.69) is 10.4 Å². The Morgan fingerprint density at radius 2 is 2.27 bits per heavy atom. The molecule has 1 atom stereocenters. The van der Waals surface area contributed by atoms with Gasteiger partial charge in [-0.2, -0.15) is 5.10 Å². The first-order valence-electron chi connectivity index (χ1n) is 7.76. The summed E-state index contributed by atoms with van der Waals surface area (Å²) >= 11 is 0. The van der Waals surface area contributed by atoms with Crippen molar-refractivity contribution in [3.63, 3.8) is 0 Å². The molecule has 1 aliphatic carbocycles. The lowest BCUT2D eigenvalue weighted by molar-refractivity contribution is -0.140. The Hall–Kier alpha value is -1.89. The van der Waals surface area contributed by atoms with Crippen LogP contribution in [0, 0.1) is 5.92 Å². The maximum Gasteiger partial charge on any atom is 0.246 e. The van der Waals surface area contributed by atoms with Crippen molar-refractivity contribution < 1.29 is 14.3 Å². The molecule has 3 rings (SSSR count). The van der Waals surface area contributed by atoms with Crippen molar-refractivity contribution in [2.24, 2.45) is 5.92 Å². The van der Waals surface area contributed by atoms with Gasteiger partial charge in [-0.25, -0.2) is 0 Å². The predicted molar refractivity (Wildman–Crippen MR) is 78.9 cm³/mol. The summed E-state index contributed by atoms with van der Waals surface area (Å²) in [5.74, 6) is 0.281. The molecule has 0 spiro atoms. The molecule has 0 aromatic carbocycles. The Balaban J connectivity index is 1.66. The minimum Gasteiger partial charge on any atom is -0.375 e. The van der Waals surface area contributed by atoms with E-state index in [1.54, 1.807) is 6.20 Å². The molecule has 1 N–H and O–H groups in total. The van der Waals surface area contributed by atoms with Gasteiger partial charge in [0.25, 0.3) is 0 Å². The Morgan fingerprint density at radius 1 is 1.45 bits per heavy atom. The van der Waals surface area contributed by atoms with Gasteiger partial charge >= 0.3 is 0 Å². The lowest BCUT2D eigenvalue weighted by Crippen LogP contribution is -2.48. The summed E-state index contributed by atoms with van der Waals surface area (Å²) in [5.41, 5.74) is 1.02. The van der Waals surface area contributed by atoms with Crippen LogP contribution in [0.3, 0.4) is 0 Å². The molecule has 2 aliphatic rings. The zero-order valence-electron chi connectivity index (χ0n) is 12.8. The average Bonchev–Trinajstić information content (AvgIpc) is 2.91. The third-order valence-corrected chi connectivity index (χ3v) is 4.46. The highest BCUT2D eigenvalue weighted by molar-refractivity contribution is 5.80. The Morgan fingerprint density at radius 3 is 2.95 bits per heavy atom. The normalized spacial score (nSPS) is 21.1. The van der Waals surface area contributed by atoms with Gasteiger partial charge in [-0.3, -0.25) is 14.3 Å². The van der Waals surface area contributed by atoms with Crippen LogP contribution < -0.4 is 5.32 Å². The predicted octanol–water partition coefficient (Wildman–Crippen LogP) is 0.329. The van der Waals surface area contributed by atoms with E-state index in [-0.39, 0.29) is 30.4 Å². The lowest BCUT2D eigenvalue weighted by atomic mass is 9.84. The fourth-order valence-electron chi connectivity index (χ4n) is 3.03. The number of methoxy groups -OCH3 is 1. The van der Waals surface area contributed by atoms with Crippen LogP contribution in [-0.2, 0) is 20.9 Å². The summed E-state index contributed by atoms with van der Waals surface area (Å²) in [6.07, 6.45) is 4.91. The third kappa shape index (κ3) is 2.99. The number of hydrogen-bond donors (Lipinski definition) is 1. The molecule has 2 amide bonds. The number of ether oxygens (including phenoxy) is 1. The van der Waals surface area contributed by atoms with Gasteiger partial charge in [-0.15, -0.1) is 0 Å². The van der Waals surface area contributed by atoms with Crippen LogP contribution in [0.5, 0.6) is 0 Å². The molecule has 1 aromatic rings. The largest absolute Gasteiger partial charge is 0.375 e. The molecule has 1 saturated carbocycles. The first-order chi connectivity index (χ1) is 10.7. The summed E-state index contributed by atoms with van der Waals surface area (Å²) in [5, 5.41) is 7.17. The number of carbonyl (C=O) groups is 2. The van der Waals surface area contributed by atoms with Crippen LogP contribution in [0.1, 0.15) is 31.0 Å². The Bertz CT molecular complexity index is 553. The molecular weight excluding hydrogens is 284 g/mol. The molecule has 1 unspecified atom stereocenters. The van der Waals surface area contributed by atoms with Gasteiger partial charge in [-0.05, 0) is 18.9 Å². The second-order valence-electron chi connectivity index (χ2n) is 6.00. The maximum absolute atomic E-state index is 12.5. The van der Waals surface area contributed by atoms with E-state index in [4.69, 9.17) is 4.74 Å². The van der Waals surface area contributed by atoms with E-state index >= 15 is 0 Å². The number of hydrogen-bond acceptors (Lipinski definition) is 4. The van der Waals surface area contributed by atoms with Crippen molar-refractivity contribution in [1.29, 1.82) is 0 Å². The molecule has 0 saturated heterocycles. The Kier molecular flexibility index (Phi) is 4.42. The van der Waals surface area contributed by atoms with Crippen LogP contribution in [0.2, 0.25) is 0 Å². The molecule has 2 heterocycles. The molecule has 7 heteroatoms. The highest BCUT2D eigenvalue weighted by Gasteiger charge is 2.34. The van der Waals surface area contributed by atoms with Crippen LogP contribution >= 0.6 is 0 Å². The van der Waals surface area contributed by atoms with Gasteiger partial charge in [0.05, 0.1) is 18.3 Å². The molecule has 7 nitrogen and oxygen atoms in total. The SMILES string of the molecule is COCC(=O)NCC1CN(C(=O)C2CCC2)Cc2ccnn21. The molecule has 1 fully saturated rings. The summed E-state index contributed by atoms with van der Waals surface area (Å²) in [7, 11) is 1.49. The van der Waals surface area contributed by atoms with Crippen LogP contribution in [-0.4, -0.2) is 53.3 Å². The van der Waals surface area contributed by atoms with Crippen molar-refractivity contribution in [1.82, 2.24) is 20.0 Å². The first-order valence-corrected chi connectivity index (χ1v) is 7.76. The topological polar surface area (TPSA) is 76.5 Å². The lowest BCUT2D eigenvalue weighted by Gasteiger charge is -2.37. The Labute approximate surface area is 129 Å². The van der Waals surface area contributed by atoms with Gasteiger partial charge in [0.2, 0.25) is 11.8 Å². The highest BCUT2D eigenvalue weighted by atomic mass is 16.5. The summed E-state index contributed by atoms with van der Waals surface area (Å²) in [4.78, 5) is 26.0. The number of amides is 2. The number of fused-ring (bicyclic) bond motifs is 1. The molecule has 120 valence electrons. The number of rotatable bonds is 5. The minimum atomic E-state index is -0.154. The first kappa shape index (κ1) is 15.0. The number of carbonyl (C=O) groups excluding carboxylic acids is 2. The fraction of sp³-hybridized carbons (Fsp3) is 0.667. The maximum atomic E-state index is 12.5. The van der Waals surface area contributed by atoms with Crippen molar-refractivity contribution >= 4 is 11.8 Å². The van der Waals surface area contributed by atoms with Crippen molar-refractivity contribution in [2.75, 3.05) is 26.8 Å². The van der Waals surface area contributed by atoms with Gasteiger partial charge in [0.15, 0.2) is 0 Å². The second-order valence-corrected chi connectivity index (χ2v) is 6.00. The molecule has 1 aromatic heterocycles. The van der Waals surface area contributed by atoms with Gasteiger partial charge in [0, 0.05) is 32.3 Å². The molecule has 22 heavy (non-hydrogen) atoms. The van der Waals surface area contributed by atoms with E-state index in [1.165, 1.54) is 7.11 Å². The number of nitrogens with zero attached hydrogens (tertiary/aromatic N) is 3. The highest BCUT2D eigenvalue weighted by Crippen LogP contribution is 2.30. The smallest absolute Gasteiger partial charge is 0.246 e. The second kappa shape index (κ2) is 6.48. The van der Waals surface area contributed by atoms with Crippen molar-refractivity contribution in [3.05, 3.63) is 18.0 Å². The van der Waals surface area contributed by atoms with Gasteiger partial charge in [-0.1, -0.05) is 6.42 Å². The van der Waals surface area contributed by atoms with E-state index in [0.717, 1.165) is 25.0 Å². The third-order valence-electron chi connectivity index (χ3n) is 4.46. The van der Waals surface area contributed by atoms with Crippen LogP contribution in [0.4, 0.5) is 0 Å². The fourth-order valence-corrected chi connectivity index (χ4v) is 3.03. The molecule has 1 aliphatic heterocycles. The molecular formula is C15H22N4O3. The van der Waals surface area contributed by atoms with Crippen LogP contribution in [0.15, 0.2) is 12.3 Å². The number of aromatic nitrogens is 2. The summed E-state index contributed by atoms with van der Waals surface area (Å²) in [6, 6.07) is 1.91. The van der Waals surface area contributed by atoms with E-state index in [0.29, 0.717) is 19.6 Å². The zero-order chi connectivity index (χ0) is 15.5. The van der Waals surface area contributed by atoms with E-state index in [1.807, 2.05) is 15.6 Å².